The summed E-state index contributed by atoms with van der Waals surface area (Å²) >= 11 is 4.77. The Morgan fingerprint density at radius 3 is 2.83 bits per heavy atom. The lowest BCUT2D eigenvalue weighted by Crippen LogP contribution is -1.74. The molecular formula is C6H8N4OS. The molecule has 6 heteroatoms. The Bertz CT molecular complexity index is 371. The standard InChI is InChI=1S/C6H8N4OS/c1-3(11)2-4-5(10-7)9-6(12)8-4/h2,7,11H,1H3,(H2,8,9,12)/b3-2+,10-7?. The summed E-state index contributed by atoms with van der Waals surface area (Å²) in [5.41, 5.74) is 7.27. The Hall–Kier alpha value is -1.43. The van der Waals surface area contributed by atoms with E-state index in [0.717, 1.165) is 0 Å². The zero-order valence-corrected chi connectivity index (χ0v) is 7.20. The Labute approximate surface area is 73.7 Å². The summed E-state index contributed by atoms with van der Waals surface area (Å²) < 4.78 is 0.383. The van der Waals surface area contributed by atoms with Crippen molar-refractivity contribution in [3.8, 4) is 0 Å². The van der Waals surface area contributed by atoms with E-state index in [1.807, 2.05) is 0 Å². The van der Waals surface area contributed by atoms with Crippen LogP contribution in [0.5, 0.6) is 0 Å². The minimum absolute atomic E-state index is 0.130. The number of nitrogens with one attached hydrogen (secondary N) is 3. The lowest BCUT2D eigenvalue weighted by atomic mass is 10.4. The summed E-state index contributed by atoms with van der Waals surface area (Å²) in [6.45, 7) is 1.53. The lowest BCUT2D eigenvalue weighted by Gasteiger charge is -1.88. The molecule has 0 saturated heterocycles. The van der Waals surface area contributed by atoms with Crippen LogP contribution in [-0.4, -0.2) is 15.1 Å². The molecule has 0 radical (unpaired) electrons. The first-order valence-electron chi connectivity index (χ1n) is 3.20. The van der Waals surface area contributed by atoms with Crippen LogP contribution in [-0.2, 0) is 0 Å². The summed E-state index contributed by atoms with van der Waals surface area (Å²) in [4.78, 5) is 5.39. The van der Waals surface area contributed by atoms with Crippen LogP contribution in [0.2, 0.25) is 0 Å². The molecule has 5 nitrogen and oxygen atoms in total. The highest BCUT2D eigenvalue weighted by molar-refractivity contribution is 7.71. The number of aliphatic hydroxyl groups excluding tert-OH is 1. The second kappa shape index (κ2) is 3.31. The minimum Gasteiger partial charge on any atom is -0.513 e. The maximum absolute atomic E-state index is 8.93. The number of imidazole rings is 1. The summed E-state index contributed by atoms with van der Waals surface area (Å²) in [5, 5.41) is 12.1. The molecule has 1 aromatic rings. The number of aliphatic hydroxyl groups is 1. The van der Waals surface area contributed by atoms with E-state index in [2.05, 4.69) is 15.1 Å². The zero-order chi connectivity index (χ0) is 9.14. The van der Waals surface area contributed by atoms with Gasteiger partial charge in [-0.1, -0.05) is 0 Å². The van der Waals surface area contributed by atoms with Gasteiger partial charge >= 0.3 is 0 Å². The van der Waals surface area contributed by atoms with Gasteiger partial charge in [0, 0.05) is 6.08 Å². The van der Waals surface area contributed by atoms with Gasteiger partial charge in [0.2, 0.25) is 0 Å². The molecule has 0 amide bonds. The van der Waals surface area contributed by atoms with Crippen LogP contribution in [0, 0.1) is 10.3 Å². The second-order valence-electron chi connectivity index (χ2n) is 2.24. The van der Waals surface area contributed by atoms with Gasteiger partial charge in [0.05, 0.1) is 11.5 Å². The highest BCUT2D eigenvalue weighted by Crippen LogP contribution is 2.16. The topological polar surface area (TPSA) is 88.0 Å². The molecule has 0 fully saturated rings. The van der Waals surface area contributed by atoms with E-state index in [1.54, 1.807) is 0 Å². The van der Waals surface area contributed by atoms with Crippen LogP contribution in [0.4, 0.5) is 5.82 Å². The van der Waals surface area contributed by atoms with Gasteiger partial charge in [0.1, 0.15) is 0 Å². The van der Waals surface area contributed by atoms with Gasteiger partial charge in [-0.25, -0.2) is 5.53 Å². The van der Waals surface area contributed by atoms with Crippen molar-refractivity contribution in [1.82, 2.24) is 9.97 Å². The van der Waals surface area contributed by atoms with Crippen molar-refractivity contribution in [1.29, 1.82) is 5.53 Å². The molecule has 12 heavy (non-hydrogen) atoms. The van der Waals surface area contributed by atoms with Gasteiger partial charge in [-0.3, -0.25) is 0 Å². The van der Waals surface area contributed by atoms with Crippen molar-refractivity contribution in [3.05, 3.63) is 16.2 Å². The maximum atomic E-state index is 8.93. The van der Waals surface area contributed by atoms with E-state index in [4.69, 9.17) is 22.9 Å². The maximum Gasteiger partial charge on any atom is 0.178 e. The Kier molecular flexibility index (Phi) is 2.39. The van der Waals surface area contributed by atoms with Crippen molar-refractivity contribution < 1.29 is 5.11 Å². The quantitative estimate of drug-likeness (QED) is 0.323. The number of allylic oxidation sites excluding steroid dienone is 1. The molecule has 1 heterocycles. The summed E-state index contributed by atoms with van der Waals surface area (Å²) in [7, 11) is 0. The van der Waals surface area contributed by atoms with Crippen molar-refractivity contribution in [2.45, 2.75) is 6.92 Å². The van der Waals surface area contributed by atoms with Crippen molar-refractivity contribution in [3.63, 3.8) is 0 Å². The molecule has 0 saturated carbocycles. The van der Waals surface area contributed by atoms with Gasteiger partial charge in [-0.15, -0.1) is 5.11 Å². The predicted molar refractivity (Wildman–Crippen MR) is 47.1 cm³/mol. The Balaban J connectivity index is 3.22. The zero-order valence-electron chi connectivity index (χ0n) is 6.38. The molecule has 64 valence electrons. The van der Waals surface area contributed by atoms with Crippen LogP contribution >= 0.6 is 12.2 Å². The highest BCUT2D eigenvalue weighted by atomic mass is 32.1. The SMILES string of the molecule is C/C(O)=C\c1[nH]c(=S)[nH]c1N=N. The van der Waals surface area contributed by atoms with Gasteiger partial charge in [0.25, 0.3) is 0 Å². The molecule has 0 aliphatic carbocycles. The number of nitrogens with zero attached hydrogens (tertiary/aromatic N) is 1. The van der Waals surface area contributed by atoms with E-state index in [1.165, 1.54) is 13.0 Å². The average Bonchev–Trinajstić information content (AvgIpc) is 2.29. The summed E-state index contributed by atoms with van der Waals surface area (Å²) in [6, 6.07) is 0. The molecular weight excluding hydrogens is 176 g/mol. The van der Waals surface area contributed by atoms with Crippen LogP contribution in [0.3, 0.4) is 0 Å². The first-order chi connectivity index (χ1) is 5.63. The lowest BCUT2D eigenvalue weighted by molar-refractivity contribution is 0.419. The van der Waals surface area contributed by atoms with Gasteiger partial charge in [-0.2, -0.15) is 0 Å². The van der Waals surface area contributed by atoms with E-state index in [0.29, 0.717) is 16.3 Å². The molecule has 0 spiro atoms. The number of aromatic nitrogens is 2. The smallest absolute Gasteiger partial charge is 0.178 e. The number of aromatic amines is 2. The van der Waals surface area contributed by atoms with Crippen molar-refractivity contribution >= 4 is 24.1 Å². The predicted octanol–water partition coefficient (Wildman–Crippen LogP) is 2.65. The summed E-state index contributed by atoms with van der Waals surface area (Å²) in [6.07, 6.45) is 1.44. The van der Waals surface area contributed by atoms with Crippen LogP contribution in [0.15, 0.2) is 10.9 Å². The van der Waals surface area contributed by atoms with Gasteiger partial charge < -0.3 is 15.1 Å². The molecule has 0 aliphatic heterocycles. The first kappa shape index (κ1) is 8.66. The fourth-order valence-electron chi connectivity index (χ4n) is 0.789. The van der Waals surface area contributed by atoms with Gasteiger partial charge in [0.15, 0.2) is 10.6 Å². The fraction of sp³-hybridized carbons (Fsp3) is 0.167. The minimum atomic E-state index is 0.130. The first-order valence-corrected chi connectivity index (χ1v) is 3.61. The van der Waals surface area contributed by atoms with Crippen LogP contribution < -0.4 is 0 Å². The largest absolute Gasteiger partial charge is 0.513 e. The normalized spacial score (nSPS) is 11.6. The fourth-order valence-corrected chi connectivity index (χ4v) is 0.996. The monoisotopic (exact) mass is 184 g/mol. The molecule has 0 unspecified atom stereocenters. The third-order valence-corrected chi connectivity index (χ3v) is 1.40. The van der Waals surface area contributed by atoms with Crippen LogP contribution in [0.25, 0.3) is 6.08 Å². The number of rotatable bonds is 2. The number of H-pyrrole nitrogens is 2. The van der Waals surface area contributed by atoms with E-state index < -0.39 is 0 Å². The van der Waals surface area contributed by atoms with Crippen molar-refractivity contribution in [2.24, 2.45) is 5.11 Å². The van der Waals surface area contributed by atoms with Crippen LogP contribution in [0.1, 0.15) is 12.6 Å². The molecule has 0 aliphatic rings. The molecule has 4 N–H and O–H groups in total. The number of hydrogen-bond donors (Lipinski definition) is 4. The Morgan fingerprint density at radius 2 is 2.33 bits per heavy atom. The number of hydrogen-bond acceptors (Lipinski definition) is 4. The average molecular weight is 184 g/mol. The molecule has 1 rings (SSSR count). The molecule has 0 aromatic carbocycles. The van der Waals surface area contributed by atoms with E-state index in [9.17, 15) is 0 Å². The third kappa shape index (κ3) is 1.79. The van der Waals surface area contributed by atoms with E-state index >= 15 is 0 Å². The highest BCUT2D eigenvalue weighted by Gasteiger charge is 2.00. The molecule has 0 bridgehead atoms. The van der Waals surface area contributed by atoms with Crippen molar-refractivity contribution in [2.75, 3.05) is 0 Å². The molecule has 0 atom stereocenters. The Morgan fingerprint density at radius 1 is 1.67 bits per heavy atom. The summed E-state index contributed by atoms with van der Waals surface area (Å²) in [5.74, 6) is 0.443. The van der Waals surface area contributed by atoms with E-state index in [-0.39, 0.29) is 5.76 Å². The third-order valence-electron chi connectivity index (χ3n) is 1.20. The molecule has 1 aromatic heterocycles. The van der Waals surface area contributed by atoms with Gasteiger partial charge in [-0.05, 0) is 19.1 Å². The second-order valence-corrected chi connectivity index (χ2v) is 2.65.